The molecule has 1 rings (SSSR count). The predicted octanol–water partition coefficient (Wildman–Crippen LogP) is 3.05. The first-order valence-electron chi connectivity index (χ1n) is 6.19. The molecule has 0 bridgehead atoms. The zero-order chi connectivity index (χ0) is 12.7. The maximum atomic E-state index is 9.43. The van der Waals surface area contributed by atoms with E-state index in [0.29, 0.717) is 6.04 Å². The van der Waals surface area contributed by atoms with Crippen molar-refractivity contribution in [3.63, 3.8) is 0 Å². The Labute approximate surface area is 104 Å². The molecular formula is C15H23NO. The Morgan fingerprint density at radius 3 is 2.53 bits per heavy atom. The quantitative estimate of drug-likeness (QED) is 0.709. The van der Waals surface area contributed by atoms with Gasteiger partial charge in [0.05, 0.1) is 12.6 Å². The van der Waals surface area contributed by atoms with Crippen molar-refractivity contribution < 1.29 is 5.11 Å². The first-order chi connectivity index (χ1) is 8.13. The summed E-state index contributed by atoms with van der Waals surface area (Å²) < 4.78 is 0. The maximum absolute atomic E-state index is 9.43. The van der Waals surface area contributed by atoms with Crippen molar-refractivity contribution in [3.05, 3.63) is 48.0 Å². The van der Waals surface area contributed by atoms with Crippen molar-refractivity contribution in [2.45, 2.75) is 38.8 Å². The molecule has 17 heavy (non-hydrogen) atoms. The highest BCUT2D eigenvalue weighted by atomic mass is 16.3. The molecule has 0 aliphatic carbocycles. The van der Waals surface area contributed by atoms with Gasteiger partial charge in [0.2, 0.25) is 0 Å². The molecule has 0 amide bonds. The van der Waals surface area contributed by atoms with Gasteiger partial charge in [0.15, 0.2) is 0 Å². The van der Waals surface area contributed by atoms with Gasteiger partial charge in [-0.2, -0.15) is 0 Å². The van der Waals surface area contributed by atoms with Crippen LogP contribution < -0.4 is 5.32 Å². The van der Waals surface area contributed by atoms with Gasteiger partial charge in [-0.15, -0.1) is 6.58 Å². The molecule has 0 aliphatic heterocycles. The Kier molecular flexibility index (Phi) is 5.95. The van der Waals surface area contributed by atoms with Crippen molar-refractivity contribution in [1.82, 2.24) is 5.32 Å². The Hall–Kier alpha value is -1.12. The molecule has 2 atom stereocenters. The lowest BCUT2D eigenvalue weighted by atomic mass is 10.0. The first kappa shape index (κ1) is 13.9. The minimum Gasteiger partial charge on any atom is -0.394 e. The van der Waals surface area contributed by atoms with Crippen LogP contribution in [-0.4, -0.2) is 17.8 Å². The van der Waals surface area contributed by atoms with Gasteiger partial charge in [0, 0.05) is 6.04 Å². The Bertz CT molecular complexity index is 334. The fourth-order valence-corrected chi connectivity index (χ4v) is 1.83. The number of nitrogens with one attached hydrogen (secondary N) is 1. The molecule has 1 aromatic rings. The summed E-state index contributed by atoms with van der Waals surface area (Å²) in [5.74, 6) is 0. The van der Waals surface area contributed by atoms with E-state index in [1.165, 1.54) is 5.57 Å². The highest BCUT2D eigenvalue weighted by molar-refractivity contribution is 5.19. The van der Waals surface area contributed by atoms with Crippen LogP contribution in [0.25, 0.3) is 0 Å². The molecule has 0 aliphatic rings. The summed E-state index contributed by atoms with van der Waals surface area (Å²) in [6.07, 6.45) is 2.08. The van der Waals surface area contributed by atoms with Crippen molar-refractivity contribution in [2.24, 2.45) is 0 Å². The smallest absolute Gasteiger partial charge is 0.0626 e. The van der Waals surface area contributed by atoms with Gasteiger partial charge in [-0.05, 0) is 32.3 Å². The summed E-state index contributed by atoms with van der Waals surface area (Å²) in [4.78, 5) is 0. The molecule has 0 saturated heterocycles. The molecular weight excluding hydrogens is 210 g/mol. The van der Waals surface area contributed by atoms with Crippen LogP contribution >= 0.6 is 0 Å². The van der Waals surface area contributed by atoms with E-state index in [0.717, 1.165) is 18.4 Å². The molecule has 0 spiro atoms. The highest BCUT2D eigenvalue weighted by Gasteiger charge is 2.12. The largest absolute Gasteiger partial charge is 0.394 e. The second-order valence-corrected chi connectivity index (χ2v) is 4.71. The van der Waals surface area contributed by atoms with Crippen LogP contribution in [0.5, 0.6) is 0 Å². The summed E-state index contributed by atoms with van der Waals surface area (Å²) >= 11 is 0. The van der Waals surface area contributed by atoms with Crippen LogP contribution in [0, 0.1) is 0 Å². The van der Waals surface area contributed by atoms with Gasteiger partial charge in [-0.3, -0.25) is 0 Å². The van der Waals surface area contributed by atoms with E-state index in [4.69, 9.17) is 0 Å². The fourth-order valence-electron chi connectivity index (χ4n) is 1.83. The third-order valence-corrected chi connectivity index (χ3v) is 2.87. The molecule has 2 nitrogen and oxygen atoms in total. The number of rotatable bonds is 7. The zero-order valence-corrected chi connectivity index (χ0v) is 10.8. The minimum absolute atomic E-state index is 0.0244. The van der Waals surface area contributed by atoms with Gasteiger partial charge in [0.25, 0.3) is 0 Å². The van der Waals surface area contributed by atoms with Crippen molar-refractivity contribution in [1.29, 1.82) is 0 Å². The molecule has 2 N–H and O–H groups in total. The molecule has 0 aromatic heterocycles. The third-order valence-electron chi connectivity index (χ3n) is 2.87. The van der Waals surface area contributed by atoms with Gasteiger partial charge >= 0.3 is 0 Å². The molecule has 0 fully saturated rings. The van der Waals surface area contributed by atoms with Gasteiger partial charge in [-0.1, -0.05) is 35.9 Å². The molecule has 2 heteroatoms. The van der Waals surface area contributed by atoms with Crippen LogP contribution in [0.4, 0.5) is 0 Å². The van der Waals surface area contributed by atoms with Crippen LogP contribution in [-0.2, 0) is 0 Å². The zero-order valence-electron chi connectivity index (χ0n) is 10.8. The van der Waals surface area contributed by atoms with Gasteiger partial charge in [-0.25, -0.2) is 0 Å². The van der Waals surface area contributed by atoms with E-state index in [-0.39, 0.29) is 12.6 Å². The van der Waals surface area contributed by atoms with E-state index in [1.54, 1.807) is 0 Å². The summed E-state index contributed by atoms with van der Waals surface area (Å²) in [6, 6.07) is 10.5. The molecule has 94 valence electrons. The van der Waals surface area contributed by atoms with Crippen LogP contribution in [0.1, 0.15) is 38.3 Å². The van der Waals surface area contributed by atoms with Gasteiger partial charge in [0.1, 0.15) is 0 Å². The van der Waals surface area contributed by atoms with Crippen molar-refractivity contribution in [2.75, 3.05) is 6.61 Å². The average Bonchev–Trinajstić information content (AvgIpc) is 2.34. The second kappa shape index (κ2) is 7.25. The highest BCUT2D eigenvalue weighted by Crippen LogP contribution is 2.14. The average molecular weight is 233 g/mol. The van der Waals surface area contributed by atoms with E-state index < -0.39 is 0 Å². The molecule has 0 radical (unpaired) electrons. The Morgan fingerprint density at radius 1 is 1.35 bits per heavy atom. The summed E-state index contributed by atoms with van der Waals surface area (Å²) in [5.41, 5.74) is 2.34. The van der Waals surface area contributed by atoms with Gasteiger partial charge < -0.3 is 10.4 Å². The number of hydrogen-bond acceptors (Lipinski definition) is 2. The standard InChI is InChI=1S/C15H23NO/c1-12(2)9-10-13(3)16-15(11-17)14-7-5-4-6-8-14/h4-8,13,15-17H,1,9-11H2,2-3H3/t13?,15-/m0/s1. The summed E-state index contributed by atoms with van der Waals surface area (Å²) in [5, 5.41) is 12.9. The molecule has 1 unspecified atom stereocenters. The topological polar surface area (TPSA) is 32.3 Å². The monoisotopic (exact) mass is 233 g/mol. The van der Waals surface area contributed by atoms with E-state index in [9.17, 15) is 5.11 Å². The predicted molar refractivity (Wildman–Crippen MR) is 72.9 cm³/mol. The van der Waals surface area contributed by atoms with E-state index in [2.05, 4.69) is 18.8 Å². The summed E-state index contributed by atoms with van der Waals surface area (Å²) in [6.45, 7) is 8.23. The first-order valence-corrected chi connectivity index (χ1v) is 6.19. The SMILES string of the molecule is C=C(C)CCC(C)N[C@@H](CO)c1ccccc1. The second-order valence-electron chi connectivity index (χ2n) is 4.71. The lowest BCUT2D eigenvalue weighted by Gasteiger charge is -2.22. The fraction of sp³-hybridized carbons (Fsp3) is 0.467. The van der Waals surface area contributed by atoms with Crippen molar-refractivity contribution >= 4 is 0 Å². The lowest BCUT2D eigenvalue weighted by molar-refractivity contribution is 0.233. The molecule has 0 saturated carbocycles. The maximum Gasteiger partial charge on any atom is 0.0626 e. The Morgan fingerprint density at radius 2 is 2.00 bits per heavy atom. The number of aliphatic hydroxyl groups is 1. The van der Waals surface area contributed by atoms with E-state index in [1.807, 2.05) is 37.3 Å². The third kappa shape index (κ3) is 5.16. The normalized spacial score (nSPS) is 14.3. The number of benzene rings is 1. The minimum atomic E-state index is 0.0244. The summed E-state index contributed by atoms with van der Waals surface area (Å²) in [7, 11) is 0. The number of aliphatic hydroxyl groups excluding tert-OH is 1. The van der Waals surface area contributed by atoms with Crippen molar-refractivity contribution in [3.8, 4) is 0 Å². The van der Waals surface area contributed by atoms with Crippen LogP contribution in [0.15, 0.2) is 42.5 Å². The van der Waals surface area contributed by atoms with Crippen LogP contribution in [0.3, 0.4) is 0 Å². The number of allylic oxidation sites excluding steroid dienone is 1. The van der Waals surface area contributed by atoms with E-state index >= 15 is 0 Å². The lowest BCUT2D eigenvalue weighted by Crippen LogP contribution is -2.32. The Balaban J connectivity index is 2.49. The van der Waals surface area contributed by atoms with Crippen LogP contribution in [0.2, 0.25) is 0 Å². The number of hydrogen-bond donors (Lipinski definition) is 2. The molecule has 0 heterocycles. The molecule has 1 aromatic carbocycles.